The van der Waals surface area contributed by atoms with E-state index in [-0.39, 0.29) is 6.61 Å². The average molecular weight is 103 g/mol. The van der Waals surface area contributed by atoms with Crippen molar-refractivity contribution in [2.45, 2.75) is 6.92 Å². The lowest BCUT2D eigenvalue weighted by Crippen LogP contribution is -2.11. The van der Waals surface area contributed by atoms with Crippen molar-refractivity contribution < 1.29 is 15.0 Å². The molecule has 1 radical (unpaired) electrons. The molecular weight excluding hydrogens is 96.0 g/mol. The summed E-state index contributed by atoms with van der Waals surface area (Å²) in [6.07, 6.45) is 0. The minimum Gasteiger partial charge on any atom is -0.395 e. The summed E-state index contributed by atoms with van der Waals surface area (Å²) in [4.78, 5) is 9.66. The molecule has 0 aliphatic rings. The molecule has 0 aliphatic carbocycles. The summed E-state index contributed by atoms with van der Waals surface area (Å²) in [5.74, 6) is -1.94. The molecule has 0 aromatic heterocycles. The van der Waals surface area contributed by atoms with Crippen LogP contribution in [0.4, 0.5) is 0 Å². The zero-order chi connectivity index (χ0) is 5.86. The first-order valence-corrected chi connectivity index (χ1v) is 2.00. The van der Waals surface area contributed by atoms with Gasteiger partial charge in [-0.2, -0.15) is 0 Å². The SMILES string of the molecule is CC(CO)C([O])=O. The van der Waals surface area contributed by atoms with Crippen molar-refractivity contribution in [1.82, 2.24) is 0 Å². The van der Waals surface area contributed by atoms with Crippen LogP contribution < -0.4 is 0 Å². The van der Waals surface area contributed by atoms with Crippen molar-refractivity contribution in [1.29, 1.82) is 0 Å². The van der Waals surface area contributed by atoms with E-state index in [1.165, 1.54) is 6.92 Å². The van der Waals surface area contributed by atoms with Crippen molar-refractivity contribution >= 4 is 5.97 Å². The van der Waals surface area contributed by atoms with Crippen LogP contribution >= 0.6 is 0 Å². The van der Waals surface area contributed by atoms with Gasteiger partial charge in [0.1, 0.15) is 0 Å². The lowest BCUT2D eigenvalue weighted by atomic mass is 10.2. The van der Waals surface area contributed by atoms with Gasteiger partial charge in [-0.15, -0.1) is 0 Å². The highest BCUT2D eigenvalue weighted by molar-refractivity contribution is 5.69. The highest BCUT2D eigenvalue weighted by atomic mass is 16.4. The van der Waals surface area contributed by atoms with Crippen LogP contribution in [-0.2, 0) is 9.90 Å². The van der Waals surface area contributed by atoms with E-state index >= 15 is 0 Å². The van der Waals surface area contributed by atoms with Gasteiger partial charge in [0.15, 0.2) is 0 Å². The van der Waals surface area contributed by atoms with E-state index in [1.54, 1.807) is 0 Å². The van der Waals surface area contributed by atoms with E-state index in [9.17, 15) is 9.90 Å². The molecule has 1 atom stereocenters. The molecule has 0 aromatic rings. The van der Waals surface area contributed by atoms with E-state index in [4.69, 9.17) is 5.11 Å². The first-order valence-electron chi connectivity index (χ1n) is 2.00. The average Bonchev–Trinajstić information content (AvgIpc) is 1.65. The number of rotatable bonds is 2. The molecule has 0 bridgehead atoms. The zero-order valence-electron chi connectivity index (χ0n) is 4.05. The van der Waals surface area contributed by atoms with E-state index in [0.29, 0.717) is 0 Å². The smallest absolute Gasteiger partial charge is 0.360 e. The molecule has 3 nitrogen and oxygen atoms in total. The maximum absolute atomic E-state index is 9.66. The lowest BCUT2D eigenvalue weighted by Gasteiger charge is -1.92. The standard InChI is InChI=1S/C4H7O3/c1-3(2-5)4(6)7/h3,5H,2H2,1H3. The molecule has 0 spiro atoms. The second-order valence-electron chi connectivity index (χ2n) is 1.40. The third-order valence-electron chi connectivity index (χ3n) is 0.676. The predicted octanol–water partition coefficient (Wildman–Crippen LogP) is -0.428. The van der Waals surface area contributed by atoms with Gasteiger partial charge in [-0.05, 0) is 6.92 Å². The first kappa shape index (κ1) is 6.43. The van der Waals surface area contributed by atoms with E-state index in [2.05, 4.69) is 0 Å². The van der Waals surface area contributed by atoms with E-state index < -0.39 is 11.9 Å². The molecule has 0 heterocycles. The molecule has 0 fully saturated rings. The largest absolute Gasteiger partial charge is 0.395 e. The Morgan fingerprint density at radius 1 is 1.86 bits per heavy atom. The van der Waals surface area contributed by atoms with E-state index in [0.717, 1.165) is 0 Å². The normalized spacial score (nSPS) is 13.4. The number of carbonyl (C=O) groups excluding carboxylic acids is 1. The fraction of sp³-hybridized carbons (Fsp3) is 0.750. The van der Waals surface area contributed by atoms with Gasteiger partial charge < -0.3 is 5.11 Å². The molecule has 0 aliphatic heterocycles. The lowest BCUT2D eigenvalue weighted by molar-refractivity contribution is -0.148. The van der Waals surface area contributed by atoms with Crippen molar-refractivity contribution in [2.75, 3.05) is 6.61 Å². The minimum absolute atomic E-state index is 0.345. The summed E-state index contributed by atoms with van der Waals surface area (Å²) in [7, 11) is 0. The predicted molar refractivity (Wildman–Crippen MR) is 21.9 cm³/mol. The quantitative estimate of drug-likeness (QED) is 0.515. The number of aliphatic hydroxyl groups is 1. The Kier molecular flexibility index (Phi) is 2.37. The maximum atomic E-state index is 9.66. The van der Waals surface area contributed by atoms with Crippen molar-refractivity contribution in [2.24, 2.45) is 5.92 Å². The van der Waals surface area contributed by atoms with Gasteiger partial charge in [0.25, 0.3) is 0 Å². The van der Waals surface area contributed by atoms with Crippen LogP contribution in [0.1, 0.15) is 6.92 Å². The van der Waals surface area contributed by atoms with Gasteiger partial charge in [0.05, 0.1) is 12.5 Å². The van der Waals surface area contributed by atoms with Crippen LogP contribution in [0.25, 0.3) is 0 Å². The molecule has 41 valence electrons. The molecular formula is C4H7O3. The highest BCUT2D eigenvalue weighted by Gasteiger charge is 2.09. The molecule has 0 rings (SSSR count). The van der Waals surface area contributed by atoms with Gasteiger partial charge in [-0.3, -0.25) is 0 Å². The molecule has 0 amide bonds. The Hall–Kier alpha value is -0.570. The second kappa shape index (κ2) is 2.58. The van der Waals surface area contributed by atoms with Crippen LogP contribution in [0.2, 0.25) is 0 Å². The highest BCUT2D eigenvalue weighted by Crippen LogP contribution is 1.89. The van der Waals surface area contributed by atoms with Gasteiger partial charge in [0.2, 0.25) is 0 Å². The van der Waals surface area contributed by atoms with Crippen molar-refractivity contribution in [3.05, 3.63) is 0 Å². The number of carbonyl (C=O) groups is 1. The van der Waals surface area contributed by atoms with E-state index in [1.807, 2.05) is 0 Å². The Morgan fingerprint density at radius 2 is 2.29 bits per heavy atom. The number of aliphatic hydroxyl groups excluding tert-OH is 1. The van der Waals surface area contributed by atoms with Crippen LogP contribution in [-0.4, -0.2) is 17.7 Å². The Labute approximate surface area is 41.6 Å². The number of hydrogen-bond acceptors (Lipinski definition) is 2. The van der Waals surface area contributed by atoms with Crippen LogP contribution in [0, 0.1) is 5.92 Å². The topological polar surface area (TPSA) is 57.2 Å². The Bertz CT molecular complexity index is 69.3. The fourth-order valence-corrected chi connectivity index (χ4v) is 0.0745. The van der Waals surface area contributed by atoms with Gasteiger partial charge in [0, 0.05) is 0 Å². The molecule has 1 unspecified atom stereocenters. The number of hydrogen-bond donors (Lipinski definition) is 1. The second-order valence-corrected chi connectivity index (χ2v) is 1.40. The summed E-state index contributed by atoms with van der Waals surface area (Å²) in [5, 5.41) is 17.7. The summed E-state index contributed by atoms with van der Waals surface area (Å²) in [5.41, 5.74) is 0. The molecule has 0 aromatic carbocycles. The monoisotopic (exact) mass is 103 g/mol. The molecule has 0 saturated heterocycles. The summed E-state index contributed by atoms with van der Waals surface area (Å²) < 4.78 is 0. The van der Waals surface area contributed by atoms with Crippen LogP contribution in [0.3, 0.4) is 0 Å². The van der Waals surface area contributed by atoms with Crippen molar-refractivity contribution in [3.63, 3.8) is 0 Å². The summed E-state index contributed by atoms with van der Waals surface area (Å²) >= 11 is 0. The molecule has 7 heavy (non-hydrogen) atoms. The van der Waals surface area contributed by atoms with Gasteiger partial charge in [-0.25, -0.2) is 9.90 Å². The first-order chi connectivity index (χ1) is 3.18. The Morgan fingerprint density at radius 3 is 2.29 bits per heavy atom. The van der Waals surface area contributed by atoms with Gasteiger partial charge >= 0.3 is 5.97 Å². The Balaban J connectivity index is 3.34. The summed E-state index contributed by atoms with van der Waals surface area (Å²) in [6, 6.07) is 0. The molecule has 3 heteroatoms. The zero-order valence-corrected chi connectivity index (χ0v) is 4.05. The maximum Gasteiger partial charge on any atom is 0.360 e. The van der Waals surface area contributed by atoms with Crippen LogP contribution in [0.5, 0.6) is 0 Å². The van der Waals surface area contributed by atoms with Gasteiger partial charge in [-0.1, -0.05) is 0 Å². The fourth-order valence-electron chi connectivity index (χ4n) is 0.0745. The molecule has 0 saturated carbocycles. The third-order valence-corrected chi connectivity index (χ3v) is 0.676. The van der Waals surface area contributed by atoms with Crippen molar-refractivity contribution in [3.8, 4) is 0 Å². The minimum atomic E-state index is -1.21. The molecule has 1 N–H and O–H groups in total. The van der Waals surface area contributed by atoms with Crippen LogP contribution in [0.15, 0.2) is 0 Å². The third kappa shape index (κ3) is 2.17. The summed E-state index contributed by atoms with van der Waals surface area (Å²) in [6.45, 7) is 1.04.